The molecule has 4 rings (SSSR count). The number of ether oxygens (including phenoxy) is 1. The van der Waals surface area contributed by atoms with Crippen LogP contribution in [0.15, 0.2) is 42.7 Å². The van der Waals surface area contributed by atoms with Crippen LogP contribution < -0.4 is 5.32 Å². The van der Waals surface area contributed by atoms with Crippen LogP contribution >= 0.6 is 0 Å². The molecular weight excluding hydrogens is 426 g/mol. The van der Waals surface area contributed by atoms with Crippen molar-refractivity contribution in [3.8, 4) is 11.1 Å². The normalized spacial score (nSPS) is 19.5. The molecule has 184 valence electrons. The summed E-state index contributed by atoms with van der Waals surface area (Å²) in [6.07, 6.45) is 7.65. The number of amides is 2. The van der Waals surface area contributed by atoms with Crippen LogP contribution in [0.1, 0.15) is 71.4 Å². The van der Waals surface area contributed by atoms with Crippen molar-refractivity contribution >= 4 is 12.0 Å². The van der Waals surface area contributed by atoms with Gasteiger partial charge >= 0.3 is 6.09 Å². The second-order valence-electron chi connectivity index (χ2n) is 10.3. The van der Waals surface area contributed by atoms with Crippen LogP contribution in [0.2, 0.25) is 0 Å². The van der Waals surface area contributed by atoms with Gasteiger partial charge in [-0.1, -0.05) is 38.5 Å². The quantitative estimate of drug-likeness (QED) is 0.627. The van der Waals surface area contributed by atoms with Crippen LogP contribution in [0, 0.1) is 5.92 Å². The number of aromatic nitrogens is 1. The first-order chi connectivity index (χ1) is 16.2. The van der Waals surface area contributed by atoms with E-state index in [2.05, 4.69) is 48.4 Å². The third-order valence-corrected chi connectivity index (χ3v) is 6.03. The molecule has 0 spiro atoms. The Morgan fingerprint density at radius 3 is 2.56 bits per heavy atom. The Bertz CT molecular complexity index is 969. The lowest BCUT2D eigenvalue weighted by molar-refractivity contribution is -0.136. The molecule has 1 aromatic carbocycles. The molecule has 6 heteroatoms. The number of alkyl carbamates (subject to hydrolysis) is 1. The highest BCUT2D eigenvalue weighted by Gasteiger charge is 2.35. The molecule has 1 aliphatic carbocycles. The van der Waals surface area contributed by atoms with Gasteiger partial charge in [-0.25, -0.2) is 4.79 Å². The number of carbonyl (C=O) groups is 2. The fourth-order valence-corrected chi connectivity index (χ4v) is 4.53. The van der Waals surface area contributed by atoms with E-state index in [1.54, 1.807) is 6.20 Å². The van der Waals surface area contributed by atoms with Crippen molar-refractivity contribution in [2.45, 2.75) is 84.9 Å². The van der Waals surface area contributed by atoms with Gasteiger partial charge in [-0.15, -0.1) is 0 Å². The Kier molecular flexibility index (Phi) is 8.70. The number of pyridine rings is 1. The van der Waals surface area contributed by atoms with E-state index in [9.17, 15) is 9.59 Å². The molecule has 2 amide bonds. The zero-order valence-corrected chi connectivity index (χ0v) is 21.3. The second-order valence-corrected chi connectivity index (χ2v) is 10.3. The summed E-state index contributed by atoms with van der Waals surface area (Å²) >= 11 is 0. The summed E-state index contributed by atoms with van der Waals surface area (Å²) < 4.78 is 5.35. The molecule has 1 saturated carbocycles. The summed E-state index contributed by atoms with van der Waals surface area (Å²) in [7, 11) is 0. The maximum absolute atomic E-state index is 13.2. The Morgan fingerprint density at radius 2 is 1.88 bits per heavy atom. The largest absolute Gasteiger partial charge is 0.444 e. The smallest absolute Gasteiger partial charge is 0.407 e. The fourth-order valence-electron chi connectivity index (χ4n) is 4.53. The highest BCUT2D eigenvalue weighted by molar-refractivity contribution is 5.80. The molecule has 1 aliphatic heterocycles. The number of rotatable bonds is 3. The molecule has 2 atom stereocenters. The van der Waals surface area contributed by atoms with Crippen molar-refractivity contribution in [2.75, 3.05) is 6.54 Å². The molecule has 0 bridgehead atoms. The highest BCUT2D eigenvalue weighted by atomic mass is 16.6. The molecule has 2 aliphatic rings. The van der Waals surface area contributed by atoms with Crippen LogP contribution in [0.4, 0.5) is 4.79 Å². The minimum absolute atomic E-state index is 0.00180. The van der Waals surface area contributed by atoms with Crippen molar-refractivity contribution in [3.63, 3.8) is 0 Å². The van der Waals surface area contributed by atoms with Crippen molar-refractivity contribution in [1.29, 1.82) is 0 Å². The Morgan fingerprint density at radius 1 is 1.12 bits per heavy atom. The molecule has 2 aromatic rings. The molecule has 34 heavy (non-hydrogen) atoms. The number of nitrogens with one attached hydrogen (secondary N) is 1. The number of carbonyl (C=O) groups excluding carboxylic acids is 2. The Labute approximate surface area is 204 Å². The van der Waals surface area contributed by atoms with Crippen LogP contribution in [0.5, 0.6) is 0 Å². The topological polar surface area (TPSA) is 71.5 Å². The first kappa shape index (κ1) is 25.7. The van der Waals surface area contributed by atoms with Gasteiger partial charge in [-0.2, -0.15) is 0 Å². The zero-order valence-electron chi connectivity index (χ0n) is 21.3. The van der Waals surface area contributed by atoms with E-state index >= 15 is 0 Å². The van der Waals surface area contributed by atoms with Gasteiger partial charge in [0.15, 0.2) is 0 Å². The predicted molar refractivity (Wildman–Crippen MR) is 135 cm³/mol. The van der Waals surface area contributed by atoms with Crippen LogP contribution in [-0.4, -0.2) is 40.1 Å². The maximum atomic E-state index is 13.2. The lowest BCUT2D eigenvalue weighted by atomic mass is 9.94. The van der Waals surface area contributed by atoms with Gasteiger partial charge in [0, 0.05) is 37.4 Å². The molecule has 0 saturated heterocycles. The molecule has 1 unspecified atom stereocenters. The SMILES string of the molecule is CC(C)(C)OC(=O)N[C@@H]1CCC(C(=O)N2CCc3ccc(-c4cccnc4)cc3C2)C1.CCC. The molecule has 2 heterocycles. The van der Waals surface area contributed by atoms with E-state index in [1.807, 2.05) is 37.9 Å². The van der Waals surface area contributed by atoms with E-state index in [4.69, 9.17) is 4.74 Å². The van der Waals surface area contributed by atoms with Gasteiger partial charge in [0.05, 0.1) is 0 Å². The van der Waals surface area contributed by atoms with Gasteiger partial charge in [0.1, 0.15) is 5.60 Å². The highest BCUT2D eigenvalue weighted by Crippen LogP contribution is 2.31. The molecular formula is C28H39N3O3. The molecule has 1 fully saturated rings. The zero-order chi connectivity index (χ0) is 24.7. The summed E-state index contributed by atoms with van der Waals surface area (Å²) in [5.41, 5.74) is 4.22. The van der Waals surface area contributed by atoms with E-state index in [0.29, 0.717) is 13.0 Å². The number of hydrogen-bond acceptors (Lipinski definition) is 4. The predicted octanol–water partition coefficient (Wildman–Crippen LogP) is 5.74. The van der Waals surface area contributed by atoms with E-state index in [0.717, 1.165) is 36.9 Å². The molecule has 0 radical (unpaired) electrons. The summed E-state index contributed by atoms with van der Waals surface area (Å²) in [6, 6.07) is 10.5. The average Bonchev–Trinajstić information content (AvgIpc) is 3.26. The van der Waals surface area contributed by atoms with Crippen LogP contribution in [-0.2, 0) is 22.5 Å². The third-order valence-electron chi connectivity index (χ3n) is 6.03. The minimum atomic E-state index is -0.520. The Balaban J connectivity index is 0.00000103. The molecule has 1 aromatic heterocycles. The summed E-state index contributed by atoms with van der Waals surface area (Å²) in [4.78, 5) is 31.4. The second kappa shape index (κ2) is 11.5. The average molecular weight is 466 g/mol. The van der Waals surface area contributed by atoms with Crippen molar-refractivity contribution < 1.29 is 14.3 Å². The van der Waals surface area contributed by atoms with Crippen LogP contribution in [0.3, 0.4) is 0 Å². The van der Waals surface area contributed by atoms with E-state index in [1.165, 1.54) is 17.5 Å². The standard InChI is InChI=1S/C25H31N3O3.C3H8/c1-25(2,3)31-24(30)27-22-9-8-19(14-22)23(29)28-12-10-17-6-7-18(13-21(17)16-28)20-5-4-11-26-15-20;1-3-2/h4-7,11,13,15,19,22H,8-10,12,14,16H2,1-3H3,(H,27,30);3H2,1-2H3/t19?,22-;/m1./s1. The van der Waals surface area contributed by atoms with Crippen molar-refractivity contribution in [3.05, 3.63) is 53.9 Å². The summed E-state index contributed by atoms with van der Waals surface area (Å²) in [5, 5.41) is 2.93. The number of fused-ring (bicyclic) bond motifs is 1. The fraction of sp³-hybridized carbons (Fsp3) is 0.536. The first-order valence-corrected chi connectivity index (χ1v) is 12.5. The van der Waals surface area contributed by atoms with Crippen LogP contribution in [0.25, 0.3) is 11.1 Å². The first-order valence-electron chi connectivity index (χ1n) is 12.5. The van der Waals surface area contributed by atoms with Gasteiger partial charge in [0.25, 0.3) is 0 Å². The van der Waals surface area contributed by atoms with Gasteiger partial charge < -0.3 is 15.0 Å². The van der Waals surface area contributed by atoms with Gasteiger partial charge in [0.2, 0.25) is 5.91 Å². The molecule has 6 nitrogen and oxygen atoms in total. The molecule has 1 N–H and O–H groups in total. The van der Waals surface area contributed by atoms with Crippen molar-refractivity contribution in [2.24, 2.45) is 5.92 Å². The Hall–Kier alpha value is -2.89. The van der Waals surface area contributed by atoms with E-state index < -0.39 is 11.7 Å². The summed E-state index contributed by atoms with van der Waals surface area (Å²) in [5.74, 6) is 0.161. The lowest BCUT2D eigenvalue weighted by Crippen LogP contribution is -2.41. The van der Waals surface area contributed by atoms with Crippen molar-refractivity contribution in [1.82, 2.24) is 15.2 Å². The van der Waals surface area contributed by atoms with E-state index in [-0.39, 0.29) is 17.9 Å². The number of benzene rings is 1. The third kappa shape index (κ3) is 7.05. The van der Waals surface area contributed by atoms with Gasteiger partial charge in [-0.3, -0.25) is 9.78 Å². The number of hydrogen-bond donors (Lipinski definition) is 1. The minimum Gasteiger partial charge on any atom is -0.444 e. The lowest BCUT2D eigenvalue weighted by Gasteiger charge is -2.31. The summed E-state index contributed by atoms with van der Waals surface area (Å²) in [6.45, 7) is 11.2. The maximum Gasteiger partial charge on any atom is 0.407 e. The monoisotopic (exact) mass is 465 g/mol. The van der Waals surface area contributed by atoms with Gasteiger partial charge in [-0.05, 0) is 80.8 Å². The number of nitrogens with zero attached hydrogens (tertiary/aromatic N) is 2.